The van der Waals surface area contributed by atoms with Crippen LogP contribution in [0.15, 0.2) is 12.1 Å². The summed E-state index contributed by atoms with van der Waals surface area (Å²) < 4.78 is 10.5. The second kappa shape index (κ2) is 8.81. The topological polar surface area (TPSA) is 106 Å². The van der Waals surface area contributed by atoms with Crippen molar-refractivity contribution in [3.63, 3.8) is 0 Å². The Morgan fingerprint density at radius 3 is 2.38 bits per heavy atom. The zero-order valence-corrected chi connectivity index (χ0v) is 16.4. The highest BCUT2D eigenvalue weighted by Gasteiger charge is 2.27. The summed E-state index contributed by atoms with van der Waals surface area (Å²) in [7, 11) is 6.89. The molecule has 0 fully saturated rings. The smallest absolute Gasteiger partial charge is 0.412 e. The van der Waals surface area contributed by atoms with Gasteiger partial charge >= 0.3 is 6.09 Å². The lowest BCUT2D eigenvalue weighted by Gasteiger charge is -2.25. The number of nitrogens with zero attached hydrogens (tertiary/aromatic N) is 2. The number of benzene rings is 1. The molecule has 26 heavy (non-hydrogen) atoms. The Hall–Kier alpha value is -2.39. The van der Waals surface area contributed by atoms with E-state index in [2.05, 4.69) is 10.6 Å². The maximum atomic E-state index is 12.0. The third-order valence-electron chi connectivity index (χ3n) is 3.56. The van der Waals surface area contributed by atoms with E-state index in [0.717, 1.165) is 0 Å². The molecule has 0 bridgehead atoms. The van der Waals surface area contributed by atoms with E-state index in [1.807, 2.05) is 19.0 Å². The Morgan fingerprint density at radius 2 is 1.96 bits per heavy atom. The standard InChI is InChI=1S/C17H28N4O5/c1-17(2,3)26-16(22)19-12-9-13(21(23)24)11(8-15(12)25-7)14(10-18-4)20(5)6/h8-9,14,18H,10H2,1-7H3,(H,19,22). The van der Waals surface area contributed by atoms with Crippen LogP contribution in [0.4, 0.5) is 16.2 Å². The minimum absolute atomic E-state index is 0.106. The molecular weight excluding hydrogens is 340 g/mol. The molecule has 1 amide bonds. The summed E-state index contributed by atoms with van der Waals surface area (Å²) in [6, 6.07) is 2.63. The Balaban J connectivity index is 3.36. The molecule has 9 nitrogen and oxygen atoms in total. The molecule has 0 saturated heterocycles. The number of nitrogens with one attached hydrogen (secondary N) is 2. The lowest BCUT2D eigenvalue weighted by molar-refractivity contribution is -0.385. The zero-order chi connectivity index (χ0) is 20.1. The van der Waals surface area contributed by atoms with E-state index in [1.54, 1.807) is 33.9 Å². The molecular formula is C17H28N4O5. The first-order chi connectivity index (χ1) is 12.0. The van der Waals surface area contributed by atoms with E-state index in [-0.39, 0.29) is 17.4 Å². The fourth-order valence-corrected chi connectivity index (χ4v) is 2.45. The highest BCUT2D eigenvalue weighted by Crippen LogP contribution is 2.37. The van der Waals surface area contributed by atoms with Gasteiger partial charge in [-0.05, 0) is 48.0 Å². The van der Waals surface area contributed by atoms with Crippen molar-refractivity contribution in [3.8, 4) is 5.75 Å². The third kappa shape index (κ3) is 5.85. The molecule has 0 saturated carbocycles. The third-order valence-corrected chi connectivity index (χ3v) is 3.56. The Bertz CT molecular complexity index is 655. The number of carbonyl (C=O) groups is 1. The molecule has 2 N–H and O–H groups in total. The predicted octanol–water partition coefficient (Wildman–Crippen LogP) is 2.77. The van der Waals surface area contributed by atoms with Crippen molar-refractivity contribution in [3.05, 3.63) is 27.8 Å². The van der Waals surface area contributed by atoms with Crippen molar-refractivity contribution in [1.82, 2.24) is 10.2 Å². The molecule has 1 aromatic carbocycles. The lowest BCUT2D eigenvalue weighted by Crippen LogP contribution is -2.30. The molecule has 0 heterocycles. The van der Waals surface area contributed by atoms with Gasteiger partial charge in [-0.2, -0.15) is 0 Å². The van der Waals surface area contributed by atoms with E-state index in [4.69, 9.17) is 9.47 Å². The molecule has 0 aliphatic rings. The van der Waals surface area contributed by atoms with Crippen molar-refractivity contribution < 1.29 is 19.2 Å². The van der Waals surface area contributed by atoms with Gasteiger partial charge in [0.15, 0.2) is 0 Å². The summed E-state index contributed by atoms with van der Waals surface area (Å²) in [6.07, 6.45) is -0.711. The molecule has 0 aliphatic carbocycles. The van der Waals surface area contributed by atoms with Crippen molar-refractivity contribution in [1.29, 1.82) is 0 Å². The number of carbonyl (C=O) groups excluding carboxylic acids is 1. The Morgan fingerprint density at radius 1 is 1.35 bits per heavy atom. The van der Waals surface area contributed by atoms with Crippen molar-refractivity contribution >= 4 is 17.5 Å². The molecule has 0 radical (unpaired) electrons. The van der Waals surface area contributed by atoms with Crippen LogP contribution in [0.25, 0.3) is 0 Å². The van der Waals surface area contributed by atoms with E-state index in [0.29, 0.717) is 17.9 Å². The number of nitro benzene ring substituents is 1. The highest BCUT2D eigenvalue weighted by atomic mass is 16.6. The SMILES string of the molecule is CNCC(c1cc(OC)c(NC(=O)OC(C)(C)C)cc1[N+](=O)[O-])N(C)C. The summed E-state index contributed by atoms with van der Waals surface area (Å²) >= 11 is 0. The second-order valence-electron chi connectivity index (χ2n) is 7.03. The van der Waals surface area contributed by atoms with Crippen molar-refractivity contribution in [2.24, 2.45) is 0 Å². The summed E-state index contributed by atoms with van der Waals surface area (Å²) in [4.78, 5) is 25.0. The Kier molecular flexibility index (Phi) is 7.34. The predicted molar refractivity (Wildman–Crippen MR) is 99.9 cm³/mol. The summed E-state index contributed by atoms with van der Waals surface area (Å²) in [5.74, 6) is 0.319. The van der Waals surface area contributed by atoms with Crippen LogP contribution < -0.4 is 15.4 Å². The average molecular weight is 368 g/mol. The highest BCUT2D eigenvalue weighted by molar-refractivity contribution is 5.88. The number of rotatable bonds is 7. The molecule has 146 valence electrons. The van der Waals surface area contributed by atoms with Gasteiger partial charge in [0, 0.05) is 12.6 Å². The van der Waals surface area contributed by atoms with Crippen LogP contribution in [0.1, 0.15) is 32.4 Å². The first-order valence-electron chi connectivity index (χ1n) is 8.17. The van der Waals surface area contributed by atoms with Crippen LogP contribution in [0, 0.1) is 10.1 Å². The number of amides is 1. The normalized spacial score (nSPS) is 12.6. The number of methoxy groups -OCH3 is 1. The molecule has 1 rings (SSSR count). The first kappa shape index (κ1) is 21.7. The Labute approximate surface area is 153 Å². The number of hydrogen-bond acceptors (Lipinski definition) is 7. The van der Waals surface area contributed by atoms with Gasteiger partial charge in [-0.3, -0.25) is 15.4 Å². The number of likely N-dealkylation sites (N-methyl/N-ethyl adjacent to an activating group) is 2. The van der Waals surface area contributed by atoms with E-state index >= 15 is 0 Å². The second-order valence-corrected chi connectivity index (χ2v) is 7.03. The summed E-state index contributed by atoms with van der Waals surface area (Å²) in [5.41, 5.74) is -0.127. The quantitative estimate of drug-likeness (QED) is 0.563. The van der Waals surface area contributed by atoms with E-state index < -0.39 is 16.6 Å². The van der Waals surface area contributed by atoms with Gasteiger partial charge in [0.1, 0.15) is 11.4 Å². The molecule has 9 heteroatoms. The molecule has 1 aromatic rings. The maximum Gasteiger partial charge on any atom is 0.412 e. The fraction of sp³-hybridized carbons (Fsp3) is 0.588. The van der Waals surface area contributed by atoms with Crippen molar-refractivity contribution in [2.75, 3.05) is 40.1 Å². The number of nitro groups is 1. The zero-order valence-electron chi connectivity index (χ0n) is 16.4. The molecule has 1 atom stereocenters. The minimum Gasteiger partial charge on any atom is -0.495 e. The minimum atomic E-state index is -0.711. The van der Waals surface area contributed by atoms with Gasteiger partial charge in [-0.1, -0.05) is 0 Å². The van der Waals surface area contributed by atoms with Crippen molar-refractivity contribution in [2.45, 2.75) is 32.4 Å². The summed E-state index contributed by atoms with van der Waals surface area (Å²) in [6.45, 7) is 5.70. The number of hydrogen-bond donors (Lipinski definition) is 2. The van der Waals surface area contributed by atoms with Gasteiger partial charge in [0.2, 0.25) is 0 Å². The number of ether oxygens (including phenoxy) is 2. The van der Waals surface area contributed by atoms with Crippen LogP contribution in [-0.4, -0.2) is 56.3 Å². The average Bonchev–Trinajstić information content (AvgIpc) is 2.50. The van der Waals surface area contributed by atoms with Gasteiger partial charge < -0.3 is 19.7 Å². The molecule has 1 unspecified atom stereocenters. The number of anilines is 1. The van der Waals surface area contributed by atoms with E-state index in [9.17, 15) is 14.9 Å². The molecule has 0 aliphatic heterocycles. The fourth-order valence-electron chi connectivity index (χ4n) is 2.45. The molecule has 0 aromatic heterocycles. The van der Waals surface area contributed by atoms with Gasteiger partial charge in [-0.25, -0.2) is 4.79 Å². The van der Waals surface area contributed by atoms with Gasteiger partial charge in [0.25, 0.3) is 5.69 Å². The van der Waals surface area contributed by atoms with E-state index in [1.165, 1.54) is 13.2 Å². The van der Waals surface area contributed by atoms with Crippen LogP contribution in [-0.2, 0) is 4.74 Å². The van der Waals surface area contributed by atoms with Crippen LogP contribution in [0.3, 0.4) is 0 Å². The lowest BCUT2D eigenvalue weighted by atomic mass is 10.0. The van der Waals surface area contributed by atoms with Crippen LogP contribution in [0.5, 0.6) is 5.75 Å². The maximum absolute atomic E-state index is 12.0. The largest absolute Gasteiger partial charge is 0.495 e. The monoisotopic (exact) mass is 368 g/mol. The summed E-state index contributed by atoms with van der Waals surface area (Å²) in [5, 5.41) is 17.2. The van der Waals surface area contributed by atoms with Gasteiger partial charge in [0.05, 0.1) is 29.3 Å². The van der Waals surface area contributed by atoms with Crippen LogP contribution in [0.2, 0.25) is 0 Å². The van der Waals surface area contributed by atoms with Crippen LogP contribution >= 0.6 is 0 Å². The van der Waals surface area contributed by atoms with Gasteiger partial charge in [-0.15, -0.1) is 0 Å². The molecule has 0 spiro atoms. The first-order valence-corrected chi connectivity index (χ1v) is 8.17.